The summed E-state index contributed by atoms with van der Waals surface area (Å²) in [5, 5.41) is 2.12. The van der Waals surface area contributed by atoms with Crippen LogP contribution in [0, 0.1) is 0 Å². The topological polar surface area (TPSA) is 15.7 Å². The Hall–Kier alpha value is -1.68. The SMILES string of the molecule is CCCON1CCN(C(c2ccccc2)c2ccccc2)CC1. The van der Waals surface area contributed by atoms with Crippen molar-refractivity contribution in [2.75, 3.05) is 32.8 Å². The normalized spacial score (nSPS) is 16.8. The lowest BCUT2D eigenvalue weighted by Gasteiger charge is -2.39. The maximum Gasteiger partial charge on any atom is 0.0682 e. The molecule has 1 heterocycles. The van der Waals surface area contributed by atoms with Crippen molar-refractivity contribution >= 4 is 0 Å². The van der Waals surface area contributed by atoms with Gasteiger partial charge in [0.15, 0.2) is 0 Å². The lowest BCUT2D eigenvalue weighted by atomic mass is 9.96. The minimum atomic E-state index is 0.325. The Balaban J connectivity index is 1.75. The van der Waals surface area contributed by atoms with Crippen molar-refractivity contribution in [2.45, 2.75) is 19.4 Å². The van der Waals surface area contributed by atoms with Gasteiger partial charge < -0.3 is 0 Å². The minimum Gasteiger partial charge on any atom is -0.299 e. The molecule has 3 nitrogen and oxygen atoms in total. The summed E-state index contributed by atoms with van der Waals surface area (Å²) < 4.78 is 0. The van der Waals surface area contributed by atoms with Crippen LogP contribution in [-0.4, -0.2) is 42.7 Å². The van der Waals surface area contributed by atoms with Crippen LogP contribution in [0.2, 0.25) is 0 Å². The third kappa shape index (κ3) is 4.20. The van der Waals surface area contributed by atoms with Crippen LogP contribution in [0.5, 0.6) is 0 Å². The zero-order valence-electron chi connectivity index (χ0n) is 13.9. The fraction of sp³-hybridized carbons (Fsp3) is 0.400. The first kappa shape index (κ1) is 16.2. The van der Waals surface area contributed by atoms with Gasteiger partial charge in [-0.2, -0.15) is 5.06 Å². The van der Waals surface area contributed by atoms with E-state index in [0.717, 1.165) is 39.2 Å². The number of benzene rings is 2. The highest BCUT2D eigenvalue weighted by Gasteiger charge is 2.26. The highest BCUT2D eigenvalue weighted by atomic mass is 16.7. The number of nitrogens with zero attached hydrogens (tertiary/aromatic N) is 2. The molecule has 0 saturated carbocycles. The van der Waals surface area contributed by atoms with Gasteiger partial charge in [0.05, 0.1) is 12.6 Å². The summed E-state index contributed by atoms with van der Waals surface area (Å²) in [6.45, 7) is 6.96. The number of hydrogen-bond donors (Lipinski definition) is 0. The lowest BCUT2D eigenvalue weighted by Crippen LogP contribution is -2.47. The van der Waals surface area contributed by atoms with Crippen LogP contribution in [0.1, 0.15) is 30.5 Å². The molecule has 0 amide bonds. The van der Waals surface area contributed by atoms with Crippen molar-refractivity contribution in [3.63, 3.8) is 0 Å². The molecule has 3 rings (SSSR count). The van der Waals surface area contributed by atoms with Crippen molar-refractivity contribution in [2.24, 2.45) is 0 Å². The second kappa shape index (κ2) is 8.25. The summed E-state index contributed by atoms with van der Waals surface area (Å²) in [6, 6.07) is 22.0. The van der Waals surface area contributed by atoms with Gasteiger partial charge in [-0.25, -0.2) is 0 Å². The molecule has 122 valence electrons. The highest BCUT2D eigenvalue weighted by Crippen LogP contribution is 2.29. The standard InChI is InChI=1S/C20H26N2O/c1-2-17-23-22-15-13-21(14-16-22)20(18-9-5-3-6-10-18)19-11-7-4-8-12-19/h3-12,20H,2,13-17H2,1H3. The minimum absolute atomic E-state index is 0.325. The van der Waals surface area contributed by atoms with E-state index < -0.39 is 0 Å². The first-order valence-electron chi connectivity index (χ1n) is 8.60. The van der Waals surface area contributed by atoms with Crippen molar-refractivity contribution in [1.29, 1.82) is 0 Å². The van der Waals surface area contributed by atoms with Crippen molar-refractivity contribution in [1.82, 2.24) is 9.96 Å². The summed E-state index contributed by atoms with van der Waals surface area (Å²) in [5.74, 6) is 0. The number of hydroxylamine groups is 2. The van der Waals surface area contributed by atoms with E-state index in [1.807, 2.05) is 0 Å². The molecule has 1 aliphatic rings. The molecule has 1 saturated heterocycles. The van der Waals surface area contributed by atoms with E-state index in [9.17, 15) is 0 Å². The van der Waals surface area contributed by atoms with E-state index in [4.69, 9.17) is 4.84 Å². The molecule has 1 aliphatic heterocycles. The van der Waals surface area contributed by atoms with Gasteiger partial charge in [-0.1, -0.05) is 67.6 Å². The summed E-state index contributed by atoms with van der Waals surface area (Å²) >= 11 is 0. The average molecular weight is 310 g/mol. The van der Waals surface area contributed by atoms with E-state index >= 15 is 0 Å². The molecule has 0 unspecified atom stereocenters. The Labute approximate surface area is 139 Å². The maximum absolute atomic E-state index is 5.78. The van der Waals surface area contributed by atoms with Gasteiger partial charge in [-0.05, 0) is 17.5 Å². The van der Waals surface area contributed by atoms with E-state index in [2.05, 4.69) is 77.6 Å². The van der Waals surface area contributed by atoms with Gasteiger partial charge in [-0.15, -0.1) is 0 Å². The molecule has 2 aromatic carbocycles. The Bertz CT molecular complexity index is 525. The Morgan fingerprint density at radius 2 is 1.35 bits per heavy atom. The second-order valence-electron chi connectivity index (χ2n) is 6.02. The van der Waals surface area contributed by atoms with E-state index in [-0.39, 0.29) is 0 Å². The molecule has 0 atom stereocenters. The van der Waals surface area contributed by atoms with Gasteiger partial charge in [0.2, 0.25) is 0 Å². The summed E-state index contributed by atoms with van der Waals surface area (Å²) in [6.07, 6.45) is 1.07. The Morgan fingerprint density at radius 3 is 1.83 bits per heavy atom. The van der Waals surface area contributed by atoms with Gasteiger partial charge in [0.1, 0.15) is 0 Å². The fourth-order valence-electron chi connectivity index (χ4n) is 3.20. The van der Waals surface area contributed by atoms with E-state index in [0.29, 0.717) is 6.04 Å². The van der Waals surface area contributed by atoms with Crippen LogP contribution in [0.25, 0.3) is 0 Å². The molecule has 23 heavy (non-hydrogen) atoms. The predicted molar refractivity (Wildman–Crippen MR) is 94.1 cm³/mol. The largest absolute Gasteiger partial charge is 0.299 e. The molecular formula is C20H26N2O. The molecule has 3 heteroatoms. The van der Waals surface area contributed by atoms with Gasteiger partial charge in [0, 0.05) is 26.2 Å². The predicted octanol–water partition coefficient (Wildman–Crippen LogP) is 3.74. The third-order valence-corrected chi connectivity index (χ3v) is 4.35. The maximum atomic E-state index is 5.78. The molecule has 0 aliphatic carbocycles. The first-order chi connectivity index (χ1) is 11.4. The average Bonchev–Trinajstić information content (AvgIpc) is 2.63. The summed E-state index contributed by atoms with van der Waals surface area (Å²) in [7, 11) is 0. The Kier molecular flexibility index (Phi) is 5.81. The molecule has 1 fully saturated rings. The molecule has 0 radical (unpaired) electrons. The molecule has 0 aromatic heterocycles. The van der Waals surface area contributed by atoms with Gasteiger partial charge >= 0.3 is 0 Å². The lowest BCUT2D eigenvalue weighted by molar-refractivity contribution is -0.178. The van der Waals surface area contributed by atoms with E-state index in [1.165, 1.54) is 11.1 Å². The van der Waals surface area contributed by atoms with Crippen LogP contribution in [0.4, 0.5) is 0 Å². The van der Waals surface area contributed by atoms with Crippen LogP contribution in [0.15, 0.2) is 60.7 Å². The molecular weight excluding hydrogens is 284 g/mol. The van der Waals surface area contributed by atoms with Gasteiger partial charge in [-0.3, -0.25) is 9.74 Å². The smallest absolute Gasteiger partial charge is 0.0682 e. The quantitative estimate of drug-likeness (QED) is 0.808. The first-order valence-corrected chi connectivity index (χ1v) is 8.60. The van der Waals surface area contributed by atoms with Crippen LogP contribution < -0.4 is 0 Å². The molecule has 0 N–H and O–H groups in total. The number of rotatable bonds is 6. The van der Waals surface area contributed by atoms with Crippen LogP contribution in [0.3, 0.4) is 0 Å². The fourth-order valence-corrected chi connectivity index (χ4v) is 3.20. The highest BCUT2D eigenvalue weighted by molar-refractivity contribution is 5.31. The van der Waals surface area contributed by atoms with Crippen molar-refractivity contribution in [3.05, 3.63) is 71.8 Å². The third-order valence-electron chi connectivity index (χ3n) is 4.35. The zero-order valence-corrected chi connectivity index (χ0v) is 13.9. The van der Waals surface area contributed by atoms with Crippen molar-refractivity contribution < 1.29 is 4.84 Å². The van der Waals surface area contributed by atoms with Gasteiger partial charge in [0.25, 0.3) is 0 Å². The van der Waals surface area contributed by atoms with E-state index in [1.54, 1.807) is 0 Å². The number of piperazine rings is 1. The van der Waals surface area contributed by atoms with Crippen LogP contribution in [-0.2, 0) is 4.84 Å². The molecule has 0 bridgehead atoms. The zero-order chi connectivity index (χ0) is 15.9. The monoisotopic (exact) mass is 310 g/mol. The van der Waals surface area contributed by atoms with Crippen LogP contribution >= 0.6 is 0 Å². The van der Waals surface area contributed by atoms with Crippen molar-refractivity contribution in [3.8, 4) is 0 Å². The second-order valence-corrected chi connectivity index (χ2v) is 6.02. The summed E-state index contributed by atoms with van der Waals surface area (Å²) in [5.41, 5.74) is 2.73. The Morgan fingerprint density at radius 1 is 0.826 bits per heavy atom. The number of hydrogen-bond acceptors (Lipinski definition) is 3. The molecule has 0 spiro atoms. The molecule has 2 aromatic rings. The summed E-state index contributed by atoms with van der Waals surface area (Å²) in [4.78, 5) is 8.34.